The lowest BCUT2D eigenvalue weighted by molar-refractivity contribution is 0.119. The van der Waals surface area contributed by atoms with E-state index in [0.29, 0.717) is 19.0 Å². The van der Waals surface area contributed by atoms with E-state index in [1.165, 1.54) is 0 Å². The fraction of sp³-hybridized carbons (Fsp3) is 0.632. The van der Waals surface area contributed by atoms with Crippen LogP contribution >= 0.6 is 35.3 Å². The number of hydrogen-bond donors (Lipinski definition) is 1. The third-order valence-corrected chi connectivity index (χ3v) is 5.15. The number of methoxy groups -OCH3 is 1. The largest absolute Gasteiger partial charge is 0.375 e. The summed E-state index contributed by atoms with van der Waals surface area (Å²) >= 11 is 1.63. The predicted octanol–water partition coefficient (Wildman–Crippen LogP) is 3.92. The summed E-state index contributed by atoms with van der Waals surface area (Å²) in [4.78, 5) is 16.0. The Morgan fingerprint density at radius 2 is 2.14 bits per heavy atom. The van der Waals surface area contributed by atoms with Gasteiger partial charge in [-0.25, -0.2) is 15.0 Å². The molecule has 0 bridgehead atoms. The summed E-state index contributed by atoms with van der Waals surface area (Å²) in [5.41, 5.74) is 1.02. The lowest BCUT2D eigenvalue weighted by atomic mass is 10.2. The van der Waals surface area contributed by atoms with E-state index < -0.39 is 0 Å². The molecule has 1 N–H and O–H groups in total. The van der Waals surface area contributed by atoms with Gasteiger partial charge in [0.25, 0.3) is 0 Å². The van der Waals surface area contributed by atoms with Crippen LogP contribution in [0.4, 0.5) is 0 Å². The van der Waals surface area contributed by atoms with Crippen molar-refractivity contribution >= 4 is 41.3 Å². The Bertz CT molecular complexity index is 730. The molecule has 7 nitrogen and oxygen atoms in total. The van der Waals surface area contributed by atoms with Crippen LogP contribution in [0.1, 0.15) is 50.3 Å². The van der Waals surface area contributed by atoms with Gasteiger partial charge in [0.2, 0.25) is 0 Å². The first-order valence-electron chi connectivity index (χ1n) is 9.41. The van der Waals surface area contributed by atoms with Gasteiger partial charge in [0.1, 0.15) is 23.5 Å². The second kappa shape index (κ2) is 12.4. The maximum absolute atomic E-state index is 5.35. The number of halogens is 1. The van der Waals surface area contributed by atoms with Gasteiger partial charge in [0.15, 0.2) is 5.96 Å². The van der Waals surface area contributed by atoms with Crippen molar-refractivity contribution in [3.63, 3.8) is 0 Å². The number of hydrogen-bond acceptors (Lipinski definition) is 5. The quantitative estimate of drug-likeness (QED) is 0.309. The summed E-state index contributed by atoms with van der Waals surface area (Å²) in [6.07, 6.45) is 3.89. The molecule has 9 heteroatoms. The lowest BCUT2D eigenvalue weighted by Gasteiger charge is -2.21. The van der Waals surface area contributed by atoms with Gasteiger partial charge in [0, 0.05) is 45.0 Å². The van der Waals surface area contributed by atoms with Crippen LogP contribution in [0, 0.1) is 5.92 Å². The molecule has 158 valence electrons. The zero-order chi connectivity index (χ0) is 19.8. The van der Waals surface area contributed by atoms with E-state index in [0.717, 1.165) is 35.6 Å². The molecule has 0 spiro atoms. The highest BCUT2D eigenvalue weighted by atomic mass is 127. The maximum atomic E-state index is 5.35. The standard InChI is InChI=1S/C19H32N6OS.HI/c1-7-20-19(22-10-17-21-8-9-25(17)11-14(2)3)24(5)12-16-13-27-18(23-16)15(4)26-6;/h8-9,13-15H,7,10-12H2,1-6H3,(H,20,22);1H. The number of aromatic nitrogens is 3. The number of aliphatic imine (C=N–C) groups is 1. The normalized spacial score (nSPS) is 12.8. The Balaban J connectivity index is 0.00000392. The first-order valence-corrected chi connectivity index (χ1v) is 10.3. The zero-order valence-electron chi connectivity index (χ0n) is 17.7. The van der Waals surface area contributed by atoms with Gasteiger partial charge in [-0.3, -0.25) is 0 Å². The van der Waals surface area contributed by atoms with Crippen LogP contribution in [-0.4, -0.2) is 46.1 Å². The predicted molar refractivity (Wildman–Crippen MR) is 126 cm³/mol. The van der Waals surface area contributed by atoms with Gasteiger partial charge in [-0.15, -0.1) is 35.3 Å². The highest BCUT2D eigenvalue weighted by Crippen LogP contribution is 2.21. The molecule has 0 aliphatic carbocycles. The summed E-state index contributed by atoms with van der Waals surface area (Å²) in [6.45, 7) is 11.5. The first-order chi connectivity index (χ1) is 12.9. The molecule has 0 aromatic carbocycles. The van der Waals surface area contributed by atoms with Crippen LogP contribution in [0.3, 0.4) is 0 Å². The summed E-state index contributed by atoms with van der Waals surface area (Å²) in [5, 5.41) is 6.44. The smallest absolute Gasteiger partial charge is 0.194 e. The molecule has 28 heavy (non-hydrogen) atoms. The minimum absolute atomic E-state index is 0. The van der Waals surface area contributed by atoms with Crippen LogP contribution in [0.2, 0.25) is 0 Å². The highest BCUT2D eigenvalue weighted by Gasteiger charge is 2.13. The van der Waals surface area contributed by atoms with Crippen molar-refractivity contribution < 1.29 is 4.74 Å². The topological polar surface area (TPSA) is 67.6 Å². The lowest BCUT2D eigenvalue weighted by Crippen LogP contribution is -2.38. The number of imidazole rings is 1. The van der Waals surface area contributed by atoms with Crippen LogP contribution < -0.4 is 5.32 Å². The molecule has 0 saturated carbocycles. The number of nitrogens with zero attached hydrogens (tertiary/aromatic N) is 5. The van der Waals surface area contributed by atoms with Gasteiger partial charge >= 0.3 is 0 Å². The Labute approximate surface area is 189 Å². The molecule has 0 fully saturated rings. The zero-order valence-corrected chi connectivity index (χ0v) is 20.8. The van der Waals surface area contributed by atoms with Crippen LogP contribution in [0.25, 0.3) is 0 Å². The SMILES string of the molecule is CCNC(=NCc1nccn1CC(C)C)N(C)Cc1csc(C(C)OC)n1.I. The minimum atomic E-state index is 0. The van der Waals surface area contributed by atoms with Crippen LogP contribution in [-0.2, 0) is 24.4 Å². The van der Waals surface area contributed by atoms with E-state index in [2.05, 4.69) is 50.9 Å². The number of thiazole rings is 1. The maximum Gasteiger partial charge on any atom is 0.194 e. The summed E-state index contributed by atoms with van der Waals surface area (Å²) in [5.74, 6) is 2.41. The van der Waals surface area contributed by atoms with E-state index in [4.69, 9.17) is 9.73 Å². The number of nitrogens with one attached hydrogen (secondary N) is 1. The van der Waals surface area contributed by atoms with Gasteiger partial charge in [-0.2, -0.15) is 0 Å². The number of ether oxygens (including phenoxy) is 1. The molecule has 2 rings (SSSR count). The summed E-state index contributed by atoms with van der Waals surface area (Å²) in [7, 11) is 3.73. The molecule has 2 heterocycles. The second-order valence-electron chi connectivity index (χ2n) is 6.97. The molecule has 2 aromatic rings. The van der Waals surface area contributed by atoms with E-state index in [1.54, 1.807) is 18.4 Å². The number of rotatable bonds is 9. The van der Waals surface area contributed by atoms with Crippen molar-refractivity contribution in [2.24, 2.45) is 10.9 Å². The van der Waals surface area contributed by atoms with Gasteiger partial charge < -0.3 is 19.5 Å². The average molecular weight is 520 g/mol. The van der Waals surface area contributed by atoms with Gasteiger partial charge in [-0.05, 0) is 19.8 Å². The molecular weight excluding hydrogens is 487 g/mol. The molecular formula is C19H33IN6OS. The van der Waals surface area contributed by atoms with Crippen molar-refractivity contribution in [2.75, 3.05) is 20.7 Å². The van der Waals surface area contributed by atoms with Crippen molar-refractivity contribution in [3.05, 3.63) is 34.3 Å². The fourth-order valence-corrected chi connectivity index (χ4v) is 3.51. The van der Waals surface area contributed by atoms with E-state index in [1.807, 2.05) is 26.4 Å². The van der Waals surface area contributed by atoms with Crippen molar-refractivity contribution in [1.29, 1.82) is 0 Å². The third-order valence-electron chi connectivity index (χ3n) is 4.10. The van der Waals surface area contributed by atoms with E-state index in [9.17, 15) is 0 Å². The van der Waals surface area contributed by atoms with Gasteiger partial charge in [-0.1, -0.05) is 13.8 Å². The molecule has 1 unspecified atom stereocenters. The number of guanidine groups is 1. The van der Waals surface area contributed by atoms with Gasteiger partial charge in [0.05, 0.1) is 12.2 Å². The molecule has 0 saturated heterocycles. The minimum Gasteiger partial charge on any atom is -0.375 e. The monoisotopic (exact) mass is 520 g/mol. The van der Waals surface area contributed by atoms with E-state index in [-0.39, 0.29) is 30.1 Å². The molecule has 2 aromatic heterocycles. The van der Waals surface area contributed by atoms with Crippen LogP contribution in [0.15, 0.2) is 22.8 Å². The average Bonchev–Trinajstić information content (AvgIpc) is 3.27. The molecule has 0 amide bonds. The first kappa shape index (κ1) is 24.8. The molecule has 1 atom stereocenters. The summed E-state index contributed by atoms with van der Waals surface area (Å²) in [6, 6.07) is 0. The fourth-order valence-electron chi connectivity index (χ4n) is 2.67. The summed E-state index contributed by atoms with van der Waals surface area (Å²) < 4.78 is 7.53. The molecule has 0 radical (unpaired) electrons. The molecule has 0 aliphatic heterocycles. The van der Waals surface area contributed by atoms with Crippen LogP contribution in [0.5, 0.6) is 0 Å². The second-order valence-corrected chi connectivity index (χ2v) is 7.86. The third kappa shape index (κ3) is 7.32. The highest BCUT2D eigenvalue weighted by molar-refractivity contribution is 14.0. The Hall–Kier alpha value is -1.20. The molecule has 0 aliphatic rings. The Morgan fingerprint density at radius 3 is 2.79 bits per heavy atom. The van der Waals surface area contributed by atoms with Crippen molar-refractivity contribution in [3.8, 4) is 0 Å². The van der Waals surface area contributed by atoms with Crippen molar-refractivity contribution in [2.45, 2.75) is 53.4 Å². The Kier molecular flexibility index (Phi) is 11.0. The van der Waals surface area contributed by atoms with Crippen molar-refractivity contribution in [1.82, 2.24) is 24.8 Å². The van der Waals surface area contributed by atoms with E-state index >= 15 is 0 Å². The Morgan fingerprint density at radius 1 is 1.39 bits per heavy atom.